The van der Waals surface area contributed by atoms with E-state index in [-0.39, 0.29) is 11.7 Å². The Kier molecular flexibility index (Phi) is 4.33. The van der Waals surface area contributed by atoms with Crippen LogP contribution in [0.4, 0.5) is 5.69 Å². The molecule has 1 amide bonds. The minimum absolute atomic E-state index is 0.0653. The quantitative estimate of drug-likeness (QED) is 0.825. The van der Waals surface area contributed by atoms with Crippen LogP contribution in [-0.4, -0.2) is 48.5 Å². The zero-order valence-electron chi connectivity index (χ0n) is 13.2. The Balaban J connectivity index is 1.44. The summed E-state index contributed by atoms with van der Waals surface area (Å²) in [5.74, 6) is 1.07. The Hall–Kier alpha value is -1.79. The first-order valence-electron chi connectivity index (χ1n) is 8.11. The topological polar surface area (TPSA) is 40.6 Å². The highest BCUT2D eigenvalue weighted by Gasteiger charge is 2.27. The lowest BCUT2D eigenvalue weighted by Crippen LogP contribution is -2.48. The maximum atomic E-state index is 12.8. The summed E-state index contributed by atoms with van der Waals surface area (Å²) in [5, 5.41) is 0. The van der Waals surface area contributed by atoms with E-state index in [2.05, 4.69) is 17.0 Å². The standard InChI is InChI=1S/C18H18N2O2S2/c21-15-6-11-23-18-14(15)12-16(24-18)17(22)20-9-7-19(8-10-20)13-4-2-1-3-5-13/h1-5,12H,6-11H2. The fraction of sp³-hybridized carbons (Fsp3) is 0.333. The third-order valence-electron chi connectivity index (χ3n) is 4.46. The number of para-hydroxylation sites is 1. The SMILES string of the molecule is O=C1CCSc2sc(C(=O)N3CCN(c4ccccc4)CC3)cc21. The molecule has 2 aliphatic heterocycles. The number of nitrogens with zero attached hydrogens (tertiary/aromatic N) is 2. The van der Waals surface area contributed by atoms with Crippen LogP contribution in [0.15, 0.2) is 40.6 Å². The first kappa shape index (κ1) is 15.7. The fourth-order valence-electron chi connectivity index (χ4n) is 3.11. The molecule has 0 aliphatic carbocycles. The number of carbonyl (C=O) groups excluding carboxylic acids is 2. The largest absolute Gasteiger partial charge is 0.368 e. The number of piperazine rings is 1. The number of amides is 1. The number of hydrogen-bond acceptors (Lipinski definition) is 5. The Labute approximate surface area is 149 Å². The van der Waals surface area contributed by atoms with Crippen LogP contribution >= 0.6 is 23.1 Å². The zero-order chi connectivity index (χ0) is 16.5. The normalized spacial score (nSPS) is 17.8. The van der Waals surface area contributed by atoms with Gasteiger partial charge in [-0.2, -0.15) is 0 Å². The third-order valence-corrected chi connectivity index (χ3v) is 6.87. The molecule has 0 bridgehead atoms. The summed E-state index contributed by atoms with van der Waals surface area (Å²) in [6, 6.07) is 12.1. The molecule has 1 saturated heterocycles. The van der Waals surface area contributed by atoms with Crippen LogP contribution in [0.5, 0.6) is 0 Å². The van der Waals surface area contributed by atoms with Gasteiger partial charge in [0.05, 0.1) is 9.09 Å². The number of Topliss-reactive ketones (excluding diaryl/α,β-unsaturated/α-hetero) is 1. The maximum absolute atomic E-state index is 12.8. The number of carbonyl (C=O) groups is 2. The number of fused-ring (bicyclic) bond motifs is 1. The van der Waals surface area contributed by atoms with Gasteiger partial charge in [0.1, 0.15) is 0 Å². The molecule has 2 aliphatic rings. The highest BCUT2D eigenvalue weighted by atomic mass is 32.2. The van der Waals surface area contributed by atoms with Crippen LogP contribution in [0.3, 0.4) is 0 Å². The number of thiophene rings is 1. The van der Waals surface area contributed by atoms with E-state index in [1.807, 2.05) is 23.1 Å². The summed E-state index contributed by atoms with van der Waals surface area (Å²) in [5.41, 5.74) is 1.96. The molecule has 3 heterocycles. The monoisotopic (exact) mass is 358 g/mol. The predicted octanol–water partition coefficient (Wildman–Crippen LogP) is 3.39. The molecule has 0 radical (unpaired) electrons. The molecule has 0 spiro atoms. The van der Waals surface area contributed by atoms with E-state index in [9.17, 15) is 9.59 Å². The number of anilines is 1. The average molecular weight is 358 g/mol. The highest BCUT2D eigenvalue weighted by molar-refractivity contribution is 8.01. The first-order valence-corrected chi connectivity index (χ1v) is 9.92. The van der Waals surface area contributed by atoms with Crippen molar-refractivity contribution >= 4 is 40.5 Å². The van der Waals surface area contributed by atoms with Gasteiger partial charge in [0.2, 0.25) is 0 Å². The molecule has 4 rings (SSSR count). The molecule has 1 aromatic carbocycles. The summed E-state index contributed by atoms with van der Waals surface area (Å²) in [4.78, 5) is 29.6. The van der Waals surface area contributed by atoms with Gasteiger partial charge in [-0.05, 0) is 18.2 Å². The number of ketones is 1. The summed E-state index contributed by atoms with van der Waals surface area (Å²) >= 11 is 3.17. The molecule has 0 N–H and O–H groups in total. The summed E-state index contributed by atoms with van der Waals surface area (Å²) in [6.07, 6.45) is 0.581. The van der Waals surface area contributed by atoms with Crippen molar-refractivity contribution in [3.8, 4) is 0 Å². The van der Waals surface area contributed by atoms with Crippen LogP contribution in [0, 0.1) is 0 Å². The molecule has 2 aromatic rings. The van der Waals surface area contributed by atoms with Crippen LogP contribution in [0.1, 0.15) is 26.5 Å². The van der Waals surface area contributed by atoms with E-state index in [4.69, 9.17) is 0 Å². The van der Waals surface area contributed by atoms with E-state index in [1.165, 1.54) is 17.0 Å². The molecule has 1 fully saturated rings. The molecule has 1 aromatic heterocycles. The molecule has 0 saturated carbocycles. The molecule has 0 atom stereocenters. The van der Waals surface area contributed by atoms with Gasteiger partial charge in [-0.25, -0.2) is 0 Å². The minimum atomic E-state index is 0.0653. The maximum Gasteiger partial charge on any atom is 0.264 e. The number of hydrogen-bond donors (Lipinski definition) is 0. The van der Waals surface area contributed by atoms with E-state index in [0.29, 0.717) is 11.3 Å². The van der Waals surface area contributed by atoms with Gasteiger partial charge in [-0.15, -0.1) is 23.1 Å². The molecule has 0 unspecified atom stereocenters. The van der Waals surface area contributed by atoms with Gasteiger partial charge >= 0.3 is 0 Å². The second-order valence-electron chi connectivity index (χ2n) is 5.95. The van der Waals surface area contributed by atoms with Gasteiger partial charge < -0.3 is 9.80 Å². The van der Waals surface area contributed by atoms with Crippen molar-refractivity contribution in [3.05, 3.63) is 46.8 Å². The molecule has 24 heavy (non-hydrogen) atoms. The van der Waals surface area contributed by atoms with Crippen molar-refractivity contribution in [3.63, 3.8) is 0 Å². The van der Waals surface area contributed by atoms with E-state index in [0.717, 1.165) is 41.7 Å². The van der Waals surface area contributed by atoms with Gasteiger partial charge in [0.25, 0.3) is 5.91 Å². The van der Waals surface area contributed by atoms with E-state index >= 15 is 0 Å². The minimum Gasteiger partial charge on any atom is -0.368 e. The van der Waals surface area contributed by atoms with Crippen molar-refractivity contribution in [2.45, 2.75) is 10.6 Å². The Morgan fingerprint density at radius 1 is 1.04 bits per heavy atom. The summed E-state index contributed by atoms with van der Waals surface area (Å²) in [7, 11) is 0. The van der Waals surface area contributed by atoms with E-state index in [1.54, 1.807) is 17.8 Å². The van der Waals surface area contributed by atoms with E-state index < -0.39 is 0 Å². The van der Waals surface area contributed by atoms with Crippen LogP contribution in [0.25, 0.3) is 0 Å². The zero-order valence-corrected chi connectivity index (χ0v) is 14.9. The van der Waals surface area contributed by atoms with Crippen LogP contribution in [0.2, 0.25) is 0 Å². The third kappa shape index (κ3) is 2.96. The smallest absolute Gasteiger partial charge is 0.264 e. The Morgan fingerprint density at radius 2 is 1.79 bits per heavy atom. The van der Waals surface area contributed by atoms with Crippen molar-refractivity contribution in [1.29, 1.82) is 0 Å². The van der Waals surface area contributed by atoms with Crippen molar-refractivity contribution in [2.24, 2.45) is 0 Å². The fourth-order valence-corrected chi connectivity index (χ4v) is 5.55. The van der Waals surface area contributed by atoms with Crippen LogP contribution < -0.4 is 4.90 Å². The van der Waals surface area contributed by atoms with Gasteiger partial charge in [-0.1, -0.05) is 18.2 Å². The van der Waals surface area contributed by atoms with Gasteiger partial charge in [0, 0.05) is 49.6 Å². The Bertz CT molecular complexity index is 765. The Morgan fingerprint density at radius 3 is 2.50 bits per heavy atom. The van der Waals surface area contributed by atoms with Gasteiger partial charge in [0.15, 0.2) is 5.78 Å². The number of thioether (sulfide) groups is 1. The van der Waals surface area contributed by atoms with Crippen LogP contribution in [-0.2, 0) is 0 Å². The lowest BCUT2D eigenvalue weighted by atomic mass is 10.1. The van der Waals surface area contributed by atoms with Crippen molar-refractivity contribution in [2.75, 3.05) is 36.8 Å². The number of rotatable bonds is 2. The van der Waals surface area contributed by atoms with Crippen molar-refractivity contribution in [1.82, 2.24) is 4.90 Å². The van der Waals surface area contributed by atoms with Crippen molar-refractivity contribution < 1.29 is 9.59 Å². The second-order valence-corrected chi connectivity index (χ2v) is 8.36. The predicted molar refractivity (Wildman–Crippen MR) is 98.5 cm³/mol. The molecule has 124 valence electrons. The molecule has 4 nitrogen and oxygen atoms in total. The number of benzene rings is 1. The lowest BCUT2D eigenvalue weighted by Gasteiger charge is -2.35. The average Bonchev–Trinajstić information content (AvgIpc) is 3.08. The summed E-state index contributed by atoms with van der Waals surface area (Å²) in [6.45, 7) is 3.12. The molecular weight excluding hydrogens is 340 g/mol. The second kappa shape index (κ2) is 6.61. The highest BCUT2D eigenvalue weighted by Crippen LogP contribution is 2.37. The van der Waals surface area contributed by atoms with Gasteiger partial charge in [-0.3, -0.25) is 9.59 Å². The first-order chi connectivity index (χ1) is 11.7. The summed E-state index contributed by atoms with van der Waals surface area (Å²) < 4.78 is 1.01. The molecular formula is C18H18N2O2S2. The molecule has 6 heteroatoms. The lowest BCUT2D eigenvalue weighted by molar-refractivity contribution is 0.0751.